The quantitative estimate of drug-likeness (QED) is 0.339. The minimum absolute atomic E-state index is 0.163. The van der Waals surface area contributed by atoms with Crippen molar-refractivity contribution in [2.45, 2.75) is 12.7 Å². The molecule has 0 aliphatic rings. The minimum atomic E-state index is -5.08. The van der Waals surface area contributed by atoms with Crippen LogP contribution in [0, 0.1) is 0 Å². The summed E-state index contributed by atoms with van der Waals surface area (Å²) in [5, 5.41) is 8.34. The van der Waals surface area contributed by atoms with E-state index < -0.39 is 18.1 Å². The lowest BCUT2D eigenvalue weighted by Gasteiger charge is -2.18. The first-order chi connectivity index (χ1) is 17.0. The van der Waals surface area contributed by atoms with Crippen molar-refractivity contribution in [1.82, 2.24) is 9.55 Å². The van der Waals surface area contributed by atoms with Crippen molar-refractivity contribution in [1.29, 1.82) is 0 Å². The van der Waals surface area contributed by atoms with Gasteiger partial charge in [0, 0.05) is 21.6 Å². The van der Waals surface area contributed by atoms with Crippen molar-refractivity contribution < 1.29 is 32.6 Å². The lowest BCUT2D eigenvalue weighted by atomic mass is 9.96. The Morgan fingerprint density at radius 2 is 1.67 bits per heavy atom. The van der Waals surface area contributed by atoms with E-state index >= 15 is 0 Å². The lowest BCUT2D eigenvalue weighted by molar-refractivity contribution is -0.192. The van der Waals surface area contributed by atoms with Crippen LogP contribution in [0.4, 0.5) is 13.2 Å². The van der Waals surface area contributed by atoms with Gasteiger partial charge in [0.15, 0.2) is 0 Å². The summed E-state index contributed by atoms with van der Waals surface area (Å²) in [4.78, 5) is 39.5. The molecule has 4 rings (SSSR count). The number of methoxy groups -OCH3 is 1. The molecule has 2 aromatic carbocycles. The molecule has 11 heteroatoms. The monoisotopic (exact) mass is 562 g/mol. The molecule has 0 saturated carbocycles. The largest absolute Gasteiger partial charge is 0.490 e. The minimum Gasteiger partial charge on any atom is -0.475 e. The van der Waals surface area contributed by atoms with Crippen molar-refractivity contribution in [2.75, 3.05) is 7.11 Å². The van der Waals surface area contributed by atoms with Gasteiger partial charge in [0.1, 0.15) is 5.69 Å². The molecule has 0 aliphatic heterocycles. The van der Waals surface area contributed by atoms with Crippen LogP contribution in [0.1, 0.15) is 16.2 Å². The third-order valence-corrected chi connectivity index (χ3v) is 5.46. The predicted octanol–water partition coefficient (Wildman–Crippen LogP) is 5.29. The Labute approximate surface area is 210 Å². The summed E-state index contributed by atoms with van der Waals surface area (Å²) in [6.45, 7) is 0.163. The molecular formula is C25H18BrF3N2O5. The Kier molecular flexibility index (Phi) is 8.25. The molecule has 36 heavy (non-hydrogen) atoms. The number of esters is 1. The van der Waals surface area contributed by atoms with Crippen molar-refractivity contribution in [3.63, 3.8) is 0 Å². The fraction of sp³-hybridized carbons (Fsp3) is 0.120. The van der Waals surface area contributed by atoms with Gasteiger partial charge >= 0.3 is 18.1 Å². The van der Waals surface area contributed by atoms with E-state index in [1.54, 1.807) is 18.3 Å². The van der Waals surface area contributed by atoms with Gasteiger partial charge in [0.25, 0.3) is 5.56 Å². The topological polar surface area (TPSA) is 98.5 Å². The molecule has 0 atom stereocenters. The summed E-state index contributed by atoms with van der Waals surface area (Å²) in [5.74, 6) is -3.33. The van der Waals surface area contributed by atoms with Gasteiger partial charge < -0.3 is 9.84 Å². The van der Waals surface area contributed by atoms with Gasteiger partial charge in [-0.1, -0.05) is 52.3 Å². The average Bonchev–Trinajstić information content (AvgIpc) is 2.86. The molecule has 4 aromatic rings. The lowest BCUT2D eigenvalue weighted by Crippen LogP contribution is -2.29. The molecule has 0 spiro atoms. The van der Waals surface area contributed by atoms with E-state index in [1.165, 1.54) is 11.7 Å². The molecule has 1 N–H and O–H groups in total. The number of fused-ring (bicyclic) bond motifs is 1. The summed E-state index contributed by atoms with van der Waals surface area (Å²) < 4.78 is 39.1. The van der Waals surface area contributed by atoms with E-state index in [0.29, 0.717) is 22.0 Å². The van der Waals surface area contributed by atoms with E-state index in [4.69, 9.17) is 14.6 Å². The molecule has 0 amide bonds. The Morgan fingerprint density at radius 1 is 1.03 bits per heavy atom. The second kappa shape index (κ2) is 11.2. The van der Waals surface area contributed by atoms with Crippen LogP contribution in [-0.2, 0) is 16.1 Å². The fourth-order valence-corrected chi connectivity index (χ4v) is 3.79. The number of halogens is 4. The van der Waals surface area contributed by atoms with Gasteiger partial charge in [-0.15, -0.1) is 0 Å². The highest BCUT2D eigenvalue weighted by atomic mass is 79.9. The molecule has 0 unspecified atom stereocenters. The third kappa shape index (κ3) is 5.98. The second-order valence-corrected chi connectivity index (χ2v) is 8.20. The van der Waals surface area contributed by atoms with Crippen LogP contribution in [0.15, 0.2) is 82.2 Å². The van der Waals surface area contributed by atoms with Crippen LogP contribution in [-0.4, -0.2) is 39.9 Å². The standard InChI is InChI=1S/C23H17BrN2O3.C2HF3O2/c1-29-23(28)21-20(15-7-3-2-4-8-15)19-13-16(24)10-11-18(19)22(27)26(21)14-17-9-5-6-12-25-17;3-2(4,5)1(6)7/h2-13H,14H2,1H3;(H,6,7). The van der Waals surface area contributed by atoms with Crippen molar-refractivity contribution in [3.05, 3.63) is 99.1 Å². The first-order valence-corrected chi connectivity index (χ1v) is 11.0. The number of benzene rings is 2. The molecule has 2 heterocycles. The molecule has 0 fully saturated rings. The van der Waals surface area contributed by atoms with Gasteiger partial charge in [-0.05, 0) is 41.3 Å². The normalized spacial score (nSPS) is 10.9. The summed E-state index contributed by atoms with van der Waals surface area (Å²) >= 11 is 3.48. The molecule has 186 valence electrons. The van der Waals surface area contributed by atoms with Crippen molar-refractivity contribution in [2.24, 2.45) is 0 Å². The molecule has 2 aromatic heterocycles. The van der Waals surface area contributed by atoms with Crippen molar-refractivity contribution in [3.8, 4) is 11.1 Å². The SMILES string of the molecule is COC(=O)c1c(-c2ccccc2)c2cc(Br)ccc2c(=O)n1Cc1ccccn1.O=C(O)C(F)(F)F. The number of hydrogen-bond acceptors (Lipinski definition) is 5. The number of carbonyl (C=O) groups excluding carboxylic acids is 1. The van der Waals surface area contributed by atoms with E-state index in [0.717, 1.165) is 10.0 Å². The summed E-state index contributed by atoms with van der Waals surface area (Å²) in [6, 6.07) is 20.5. The highest BCUT2D eigenvalue weighted by Crippen LogP contribution is 2.33. The molecule has 7 nitrogen and oxygen atoms in total. The molecular weight excluding hydrogens is 545 g/mol. The van der Waals surface area contributed by atoms with Gasteiger partial charge in [-0.2, -0.15) is 13.2 Å². The van der Waals surface area contributed by atoms with E-state index in [1.807, 2.05) is 54.6 Å². The number of carboxylic acids is 1. The predicted molar refractivity (Wildman–Crippen MR) is 130 cm³/mol. The number of pyridine rings is 2. The van der Waals surface area contributed by atoms with Crippen LogP contribution in [0.3, 0.4) is 0 Å². The van der Waals surface area contributed by atoms with E-state index in [2.05, 4.69) is 20.9 Å². The van der Waals surface area contributed by atoms with Gasteiger partial charge in [-0.25, -0.2) is 9.59 Å². The highest BCUT2D eigenvalue weighted by Gasteiger charge is 2.38. The van der Waals surface area contributed by atoms with E-state index in [9.17, 15) is 22.8 Å². The molecule has 0 aliphatic carbocycles. The Hall–Kier alpha value is -3.99. The second-order valence-electron chi connectivity index (χ2n) is 7.29. The third-order valence-electron chi connectivity index (χ3n) is 4.96. The number of ether oxygens (including phenoxy) is 1. The summed E-state index contributed by atoms with van der Waals surface area (Å²) in [5.41, 5.74) is 2.10. The summed E-state index contributed by atoms with van der Waals surface area (Å²) in [7, 11) is 1.32. The van der Waals surface area contributed by atoms with Gasteiger partial charge in [0.2, 0.25) is 0 Å². The maximum absolute atomic E-state index is 13.4. The van der Waals surface area contributed by atoms with Crippen LogP contribution < -0.4 is 5.56 Å². The Balaban J connectivity index is 0.000000454. The van der Waals surface area contributed by atoms with Gasteiger partial charge in [0.05, 0.1) is 19.3 Å². The number of aliphatic carboxylic acids is 1. The highest BCUT2D eigenvalue weighted by molar-refractivity contribution is 9.10. The van der Waals surface area contributed by atoms with Crippen LogP contribution in [0.5, 0.6) is 0 Å². The van der Waals surface area contributed by atoms with E-state index in [-0.39, 0.29) is 17.8 Å². The first kappa shape index (κ1) is 26.6. The van der Waals surface area contributed by atoms with Crippen LogP contribution in [0.25, 0.3) is 21.9 Å². The maximum Gasteiger partial charge on any atom is 0.490 e. The van der Waals surface area contributed by atoms with Gasteiger partial charge in [-0.3, -0.25) is 14.3 Å². The number of rotatable bonds is 4. The number of hydrogen-bond donors (Lipinski definition) is 1. The fourth-order valence-electron chi connectivity index (χ4n) is 3.43. The zero-order valence-corrected chi connectivity index (χ0v) is 20.2. The average molecular weight is 563 g/mol. The Morgan fingerprint density at radius 3 is 2.22 bits per heavy atom. The number of carboxylic acid groups (broad SMARTS) is 1. The number of alkyl halides is 3. The molecule has 0 radical (unpaired) electrons. The molecule has 0 bridgehead atoms. The maximum atomic E-state index is 13.4. The number of nitrogens with zero attached hydrogens (tertiary/aromatic N) is 2. The van der Waals surface area contributed by atoms with Crippen LogP contribution in [0.2, 0.25) is 0 Å². The smallest absolute Gasteiger partial charge is 0.475 e. The van der Waals surface area contributed by atoms with Crippen LogP contribution >= 0.6 is 15.9 Å². The Bertz CT molecular complexity index is 1460. The zero-order chi connectivity index (χ0) is 26.5. The first-order valence-electron chi connectivity index (χ1n) is 10.2. The molecule has 0 saturated heterocycles. The summed E-state index contributed by atoms with van der Waals surface area (Å²) in [6.07, 6.45) is -3.42. The zero-order valence-electron chi connectivity index (χ0n) is 18.6. The number of aromatic nitrogens is 2. The number of carbonyl (C=O) groups is 2. The van der Waals surface area contributed by atoms with Crippen molar-refractivity contribution >= 4 is 38.6 Å².